The third-order valence-electron chi connectivity index (χ3n) is 2.70. The van der Waals surface area contributed by atoms with Gasteiger partial charge >= 0.3 is 0 Å². The summed E-state index contributed by atoms with van der Waals surface area (Å²) in [4.78, 5) is 0. The van der Waals surface area contributed by atoms with Crippen LogP contribution in [0.3, 0.4) is 0 Å². The predicted molar refractivity (Wildman–Crippen MR) is 57.0 cm³/mol. The number of rotatable bonds is 1. The summed E-state index contributed by atoms with van der Waals surface area (Å²) < 4.78 is 13.0. The van der Waals surface area contributed by atoms with Crippen molar-refractivity contribution in [2.45, 2.75) is 18.9 Å². The molecular formula is C11H13FOS. The van der Waals surface area contributed by atoms with E-state index >= 15 is 0 Å². The summed E-state index contributed by atoms with van der Waals surface area (Å²) in [7, 11) is 0. The molecule has 0 saturated carbocycles. The molecule has 14 heavy (non-hydrogen) atoms. The molecule has 1 aromatic carbocycles. The summed E-state index contributed by atoms with van der Waals surface area (Å²) in [5.41, 5.74) is 0.720. The van der Waals surface area contributed by atoms with Crippen molar-refractivity contribution in [2.24, 2.45) is 0 Å². The molecule has 0 aromatic heterocycles. The molecule has 0 spiro atoms. The molecule has 76 valence electrons. The number of benzene rings is 1. The molecule has 1 fully saturated rings. The number of hydrogen-bond acceptors (Lipinski definition) is 2. The van der Waals surface area contributed by atoms with E-state index in [1.54, 1.807) is 30.8 Å². The lowest BCUT2D eigenvalue weighted by Gasteiger charge is -2.22. The van der Waals surface area contributed by atoms with Gasteiger partial charge in [0.2, 0.25) is 0 Å². The number of thioether (sulfide) groups is 1. The normalized spacial score (nSPS) is 26.8. The molecule has 1 heterocycles. The molecule has 1 atom stereocenters. The molecule has 1 nitrogen and oxygen atoms in total. The second-order valence-electron chi connectivity index (χ2n) is 3.80. The lowest BCUT2D eigenvalue weighted by Crippen LogP contribution is -2.24. The first-order valence-corrected chi connectivity index (χ1v) is 5.84. The minimum absolute atomic E-state index is 0.206. The summed E-state index contributed by atoms with van der Waals surface area (Å²) >= 11 is 1.74. The molecule has 0 radical (unpaired) electrons. The van der Waals surface area contributed by atoms with E-state index in [2.05, 4.69) is 0 Å². The largest absolute Gasteiger partial charge is 0.384 e. The Bertz CT molecular complexity index is 345. The molecule has 1 N–H and O–H groups in total. The van der Waals surface area contributed by atoms with E-state index in [9.17, 15) is 9.50 Å². The summed E-state index contributed by atoms with van der Waals surface area (Å²) in [5.74, 6) is 1.49. The maximum atomic E-state index is 13.0. The second kappa shape index (κ2) is 3.55. The highest BCUT2D eigenvalue weighted by molar-refractivity contribution is 7.99. The fourth-order valence-corrected chi connectivity index (χ4v) is 2.99. The minimum atomic E-state index is -0.733. The fourth-order valence-electron chi connectivity index (χ4n) is 1.72. The Morgan fingerprint density at radius 1 is 1.50 bits per heavy atom. The van der Waals surface area contributed by atoms with Crippen LogP contribution in [0.25, 0.3) is 0 Å². The first-order chi connectivity index (χ1) is 6.62. The van der Waals surface area contributed by atoms with Crippen molar-refractivity contribution in [2.75, 3.05) is 11.5 Å². The van der Waals surface area contributed by atoms with Gasteiger partial charge in [-0.2, -0.15) is 11.8 Å². The van der Waals surface area contributed by atoms with Crippen LogP contribution in [0.4, 0.5) is 4.39 Å². The summed E-state index contributed by atoms with van der Waals surface area (Å²) in [6.45, 7) is 1.73. The number of aliphatic hydroxyl groups is 1. The quantitative estimate of drug-likeness (QED) is 0.771. The zero-order valence-corrected chi connectivity index (χ0v) is 8.90. The Morgan fingerprint density at radius 3 is 2.86 bits per heavy atom. The molecule has 1 aromatic rings. The molecule has 2 rings (SSSR count). The lowest BCUT2D eigenvalue weighted by atomic mass is 9.92. The van der Waals surface area contributed by atoms with Crippen LogP contribution in [0, 0.1) is 12.7 Å². The molecule has 1 saturated heterocycles. The molecule has 0 bridgehead atoms. The van der Waals surface area contributed by atoms with Gasteiger partial charge in [0.25, 0.3) is 0 Å². The van der Waals surface area contributed by atoms with Gasteiger partial charge in [-0.15, -0.1) is 0 Å². The summed E-state index contributed by atoms with van der Waals surface area (Å²) in [6, 6.07) is 4.88. The molecular weight excluding hydrogens is 199 g/mol. The van der Waals surface area contributed by atoms with Crippen LogP contribution in [0.5, 0.6) is 0 Å². The molecule has 1 aliphatic rings. The van der Waals surface area contributed by atoms with Crippen LogP contribution < -0.4 is 0 Å². The molecule has 1 unspecified atom stereocenters. The van der Waals surface area contributed by atoms with Crippen LogP contribution in [-0.2, 0) is 5.60 Å². The Balaban J connectivity index is 2.36. The highest BCUT2D eigenvalue weighted by Crippen LogP contribution is 2.36. The van der Waals surface area contributed by atoms with Gasteiger partial charge in [0, 0.05) is 5.75 Å². The second-order valence-corrected chi connectivity index (χ2v) is 4.90. The van der Waals surface area contributed by atoms with Crippen molar-refractivity contribution < 1.29 is 9.50 Å². The highest BCUT2D eigenvalue weighted by Gasteiger charge is 2.33. The van der Waals surface area contributed by atoms with Crippen molar-refractivity contribution in [3.63, 3.8) is 0 Å². The fraction of sp³-hybridized carbons (Fsp3) is 0.455. The maximum Gasteiger partial charge on any atom is 0.126 e. The Kier molecular flexibility index (Phi) is 2.54. The van der Waals surface area contributed by atoms with Gasteiger partial charge in [-0.25, -0.2) is 4.39 Å². The van der Waals surface area contributed by atoms with Crippen LogP contribution in [0.2, 0.25) is 0 Å². The van der Waals surface area contributed by atoms with Gasteiger partial charge in [0.05, 0.1) is 5.60 Å². The molecule has 0 amide bonds. The summed E-state index contributed by atoms with van der Waals surface area (Å²) in [6.07, 6.45) is 0.767. The first kappa shape index (κ1) is 9.99. The zero-order valence-electron chi connectivity index (χ0n) is 8.09. The molecule has 1 aliphatic heterocycles. The van der Waals surface area contributed by atoms with Gasteiger partial charge in [0.1, 0.15) is 5.82 Å². The maximum absolute atomic E-state index is 13.0. The van der Waals surface area contributed by atoms with Gasteiger partial charge in [-0.1, -0.05) is 12.1 Å². The molecule has 0 aliphatic carbocycles. The Morgan fingerprint density at radius 2 is 2.29 bits per heavy atom. The van der Waals surface area contributed by atoms with E-state index < -0.39 is 5.60 Å². The number of halogens is 1. The van der Waals surface area contributed by atoms with Crippen LogP contribution in [0.1, 0.15) is 17.5 Å². The molecule has 3 heteroatoms. The van der Waals surface area contributed by atoms with Gasteiger partial charge in [-0.05, 0) is 36.3 Å². The van der Waals surface area contributed by atoms with Crippen molar-refractivity contribution in [1.29, 1.82) is 0 Å². The smallest absolute Gasteiger partial charge is 0.126 e. The third kappa shape index (κ3) is 1.66. The standard InChI is InChI=1S/C11H13FOS/c1-8-6-9(2-3-10(8)12)11(13)4-5-14-7-11/h2-3,6,13H,4-5,7H2,1H3. The van der Waals surface area contributed by atoms with E-state index in [1.165, 1.54) is 6.07 Å². The van der Waals surface area contributed by atoms with Crippen LogP contribution >= 0.6 is 11.8 Å². The minimum Gasteiger partial charge on any atom is -0.384 e. The van der Waals surface area contributed by atoms with E-state index in [1.807, 2.05) is 0 Å². The van der Waals surface area contributed by atoms with Crippen LogP contribution in [0.15, 0.2) is 18.2 Å². The lowest BCUT2D eigenvalue weighted by molar-refractivity contribution is 0.0656. The van der Waals surface area contributed by atoms with Crippen molar-refractivity contribution in [3.05, 3.63) is 35.1 Å². The predicted octanol–water partition coefficient (Wildman–Crippen LogP) is 2.46. The summed E-state index contributed by atoms with van der Waals surface area (Å²) in [5, 5.41) is 10.2. The highest BCUT2D eigenvalue weighted by atomic mass is 32.2. The number of aryl methyl sites for hydroxylation is 1. The van der Waals surface area contributed by atoms with Crippen molar-refractivity contribution in [3.8, 4) is 0 Å². The average molecular weight is 212 g/mol. The first-order valence-electron chi connectivity index (χ1n) is 4.69. The van der Waals surface area contributed by atoms with Gasteiger partial charge < -0.3 is 5.11 Å². The van der Waals surface area contributed by atoms with Crippen molar-refractivity contribution in [1.82, 2.24) is 0 Å². The van der Waals surface area contributed by atoms with Gasteiger partial charge in [-0.3, -0.25) is 0 Å². The van der Waals surface area contributed by atoms with E-state index in [0.717, 1.165) is 23.5 Å². The third-order valence-corrected chi connectivity index (χ3v) is 3.87. The van der Waals surface area contributed by atoms with E-state index in [0.29, 0.717) is 5.56 Å². The average Bonchev–Trinajstić information content (AvgIpc) is 2.58. The topological polar surface area (TPSA) is 20.2 Å². The monoisotopic (exact) mass is 212 g/mol. The number of hydrogen-bond donors (Lipinski definition) is 1. The van der Waals surface area contributed by atoms with E-state index in [4.69, 9.17) is 0 Å². The Labute approximate surface area is 87.3 Å². The Hall–Kier alpha value is -0.540. The zero-order chi connectivity index (χ0) is 10.2. The SMILES string of the molecule is Cc1cc(C2(O)CCSC2)ccc1F. The van der Waals surface area contributed by atoms with Crippen LogP contribution in [-0.4, -0.2) is 16.6 Å². The van der Waals surface area contributed by atoms with Crippen molar-refractivity contribution >= 4 is 11.8 Å². The van der Waals surface area contributed by atoms with E-state index in [-0.39, 0.29) is 5.82 Å². The van der Waals surface area contributed by atoms with Gasteiger partial charge in [0.15, 0.2) is 0 Å².